The summed E-state index contributed by atoms with van der Waals surface area (Å²) < 4.78 is 8.61. The number of para-hydroxylation sites is 1. The third kappa shape index (κ3) is 3.68. The van der Waals surface area contributed by atoms with Crippen LogP contribution in [0.2, 0.25) is 0 Å². The van der Waals surface area contributed by atoms with Crippen molar-refractivity contribution < 1.29 is 9.53 Å². The second kappa shape index (κ2) is 6.63. The molecule has 1 aliphatic rings. The zero-order valence-electron chi connectivity index (χ0n) is 15.4. The topological polar surface area (TPSA) is 47.4 Å². The Morgan fingerprint density at radius 3 is 2.48 bits per heavy atom. The Kier molecular flexibility index (Phi) is 4.83. The number of aromatic nitrogens is 2. The van der Waals surface area contributed by atoms with Crippen molar-refractivity contribution in [1.29, 1.82) is 0 Å². The fourth-order valence-electron chi connectivity index (χ4n) is 3.11. The van der Waals surface area contributed by atoms with Crippen LogP contribution in [0.1, 0.15) is 43.2 Å². The molecule has 1 aromatic carbocycles. The number of aryl methyl sites for hydroxylation is 2. The van der Waals surface area contributed by atoms with Gasteiger partial charge in [-0.15, -0.1) is 0 Å². The van der Waals surface area contributed by atoms with Crippen molar-refractivity contribution in [3.05, 3.63) is 44.3 Å². The molecular formula is C19H24IN3O2. The molecule has 0 saturated heterocycles. The quantitative estimate of drug-likeness (QED) is 0.602. The summed E-state index contributed by atoms with van der Waals surface area (Å²) in [6.07, 6.45) is 0.497. The monoisotopic (exact) mass is 453 g/mol. The first-order valence-electron chi connectivity index (χ1n) is 8.48. The Morgan fingerprint density at radius 2 is 1.88 bits per heavy atom. The standard InChI is InChI=1S/C19H24IN3O2/c1-12-7-6-8-13(2)16(12)23-17(20)14-11-22(10-9-15(14)21-23)18(24)25-19(3,4)5/h6-8H,9-11H2,1-5H3. The highest BCUT2D eigenvalue weighted by Crippen LogP contribution is 2.29. The van der Waals surface area contributed by atoms with Gasteiger partial charge in [-0.25, -0.2) is 9.48 Å². The predicted molar refractivity (Wildman–Crippen MR) is 106 cm³/mol. The Hall–Kier alpha value is -1.57. The number of rotatable bonds is 1. The van der Waals surface area contributed by atoms with Crippen LogP contribution in [0.3, 0.4) is 0 Å². The summed E-state index contributed by atoms with van der Waals surface area (Å²) in [5.41, 5.74) is 5.24. The summed E-state index contributed by atoms with van der Waals surface area (Å²) in [5.74, 6) is 0. The molecule has 25 heavy (non-hydrogen) atoms. The van der Waals surface area contributed by atoms with Crippen LogP contribution in [-0.2, 0) is 17.7 Å². The highest BCUT2D eigenvalue weighted by Gasteiger charge is 2.30. The molecule has 2 heterocycles. The van der Waals surface area contributed by atoms with Crippen molar-refractivity contribution in [1.82, 2.24) is 14.7 Å². The summed E-state index contributed by atoms with van der Waals surface area (Å²) >= 11 is 2.34. The molecule has 0 spiro atoms. The SMILES string of the molecule is Cc1cccc(C)c1-n1nc2c(c1I)CN(C(=O)OC(C)(C)C)CC2. The van der Waals surface area contributed by atoms with Crippen molar-refractivity contribution in [3.8, 4) is 5.69 Å². The summed E-state index contributed by atoms with van der Waals surface area (Å²) in [7, 11) is 0. The van der Waals surface area contributed by atoms with E-state index < -0.39 is 5.60 Å². The lowest BCUT2D eigenvalue weighted by Crippen LogP contribution is -2.39. The van der Waals surface area contributed by atoms with Gasteiger partial charge < -0.3 is 9.64 Å². The van der Waals surface area contributed by atoms with Crippen LogP contribution >= 0.6 is 22.6 Å². The van der Waals surface area contributed by atoms with Crippen LogP contribution < -0.4 is 0 Å². The van der Waals surface area contributed by atoms with Crippen molar-refractivity contribution in [2.45, 2.75) is 53.2 Å². The fourth-order valence-corrected chi connectivity index (χ4v) is 3.94. The zero-order chi connectivity index (χ0) is 18.4. The van der Waals surface area contributed by atoms with Gasteiger partial charge in [-0.05, 0) is 68.3 Å². The molecule has 0 unspecified atom stereocenters. The van der Waals surface area contributed by atoms with Gasteiger partial charge in [0.05, 0.1) is 17.9 Å². The number of carbonyl (C=O) groups is 1. The number of ether oxygens (including phenoxy) is 1. The number of amides is 1. The summed E-state index contributed by atoms with van der Waals surface area (Å²) in [6, 6.07) is 6.27. The minimum absolute atomic E-state index is 0.256. The van der Waals surface area contributed by atoms with Gasteiger partial charge in [0, 0.05) is 18.5 Å². The highest BCUT2D eigenvalue weighted by atomic mass is 127. The maximum absolute atomic E-state index is 12.4. The van der Waals surface area contributed by atoms with Gasteiger partial charge in [0.1, 0.15) is 9.30 Å². The third-order valence-electron chi connectivity index (χ3n) is 4.27. The molecule has 6 heteroatoms. The van der Waals surface area contributed by atoms with Gasteiger partial charge in [-0.3, -0.25) is 0 Å². The van der Waals surface area contributed by atoms with E-state index in [0.717, 1.165) is 27.1 Å². The average Bonchev–Trinajstić information content (AvgIpc) is 2.82. The van der Waals surface area contributed by atoms with Gasteiger partial charge in [0.2, 0.25) is 0 Å². The van der Waals surface area contributed by atoms with Gasteiger partial charge in [-0.2, -0.15) is 5.10 Å². The molecule has 0 N–H and O–H groups in total. The average molecular weight is 453 g/mol. The molecular weight excluding hydrogens is 429 g/mol. The maximum atomic E-state index is 12.4. The first kappa shape index (κ1) is 18.2. The Bertz CT molecular complexity index is 801. The first-order valence-corrected chi connectivity index (χ1v) is 9.56. The normalized spacial score (nSPS) is 14.4. The highest BCUT2D eigenvalue weighted by molar-refractivity contribution is 14.1. The molecule has 1 aromatic heterocycles. The number of hydrogen-bond acceptors (Lipinski definition) is 3. The summed E-state index contributed by atoms with van der Waals surface area (Å²) in [5, 5.41) is 4.84. The second-order valence-corrected chi connectivity index (χ2v) is 8.54. The predicted octanol–water partition coefficient (Wildman–Crippen LogP) is 4.39. The first-order chi connectivity index (χ1) is 11.7. The molecule has 3 rings (SSSR count). The molecule has 5 nitrogen and oxygen atoms in total. The lowest BCUT2D eigenvalue weighted by molar-refractivity contribution is 0.0223. The summed E-state index contributed by atoms with van der Waals surface area (Å²) in [6.45, 7) is 11.1. The van der Waals surface area contributed by atoms with E-state index in [1.165, 1.54) is 11.1 Å². The van der Waals surface area contributed by atoms with E-state index in [4.69, 9.17) is 9.84 Å². The summed E-state index contributed by atoms with van der Waals surface area (Å²) in [4.78, 5) is 14.2. The molecule has 2 aromatic rings. The van der Waals surface area contributed by atoms with E-state index in [9.17, 15) is 4.79 Å². The molecule has 1 amide bonds. The van der Waals surface area contributed by atoms with Crippen LogP contribution in [0.15, 0.2) is 18.2 Å². The van der Waals surface area contributed by atoms with Crippen LogP contribution in [-0.4, -0.2) is 32.9 Å². The molecule has 0 atom stereocenters. The molecule has 1 aliphatic heterocycles. The van der Waals surface area contributed by atoms with Gasteiger partial charge in [0.15, 0.2) is 0 Å². The molecule has 0 aliphatic carbocycles. The van der Waals surface area contributed by atoms with E-state index in [2.05, 4.69) is 54.6 Å². The molecule has 0 saturated carbocycles. The number of fused-ring (bicyclic) bond motifs is 1. The number of nitrogens with zero attached hydrogens (tertiary/aromatic N) is 3. The van der Waals surface area contributed by atoms with E-state index in [-0.39, 0.29) is 6.09 Å². The van der Waals surface area contributed by atoms with Crippen LogP contribution in [0.25, 0.3) is 5.69 Å². The van der Waals surface area contributed by atoms with Crippen molar-refractivity contribution in [2.75, 3.05) is 6.54 Å². The van der Waals surface area contributed by atoms with E-state index in [1.807, 2.05) is 25.5 Å². The number of benzene rings is 1. The number of carbonyl (C=O) groups excluding carboxylic acids is 1. The van der Waals surface area contributed by atoms with Crippen molar-refractivity contribution >= 4 is 28.7 Å². The number of hydrogen-bond donors (Lipinski definition) is 0. The lowest BCUT2D eigenvalue weighted by atomic mass is 10.1. The Balaban J connectivity index is 1.92. The molecule has 134 valence electrons. The van der Waals surface area contributed by atoms with E-state index in [0.29, 0.717) is 13.1 Å². The number of halogens is 1. The van der Waals surface area contributed by atoms with Crippen molar-refractivity contribution in [2.24, 2.45) is 0 Å². The Morgan fingerprint density at radius 1 is 1.24 bits per heavy atom. The molecule has 0 fully saturated rings. The third-order valence-corrected chi connectivity index (χ3v) is 5.38. The minimum Gasteiger partial charge on any atom is -0.444 e. The minimum atomic E-state index is -0.479. The van der Waals surface area contributed by atoms with Crippen LogP contribution in [0.5, 0.6) is 0 Å². The molecule has 0 bridgehead atoms. The van der Waals surface area contributed by atoms with Gasteiger partial charge >= 0.3 is 6.09 Å². The zero-order valence-corrected chi connectivity index (χ0v) is 17.5. The smallest absolute Gasteiger partial charge is 0.410 e. The van der Waals surface area contributed by atoms with E-state index >= 15 is 0 Å². The maximum Gasteiger partial charge on any atom is 0.410 e. The largest absolute Gasteiger partial charge is 0.444 e. The Labute approximate surface area is 162 Å². The lowest BCUT2D eigenvalue weighted by Gasteiger charge is -2.29. The van der Waals surface area contributed by atoms with Crippen molar-refractivity contribution in [3.63, 3.8) is 0 Å². The fraction of sp³-hybridized carbons (Fsp3) is 0.474. The van der Waals surface area contributed by atoms with Gasteiger partial charge in [0.25, 0.3) is 0 Å². The van der Waals surface area contributed by atoms with E-state index in [1.54, 1.807) is 4.90 Å². The molecule has 0 radical (unpaired) electrons. The van der Waals surface area contributed by atoms with Crippen LogP contribution in [0.4, 0.5) is 4.79 Å². The van der Waals surface area contributed by atoms with Crippen LogP contribution in [0, 0.1) is 17.5 Å². The van der Waals surface area contributed by atoms with Gasteiger partial charge in [-0.1, -0.05) is 18.2 Å². The second-order valence-electron chi connectivity index (χ2n) is 7.52.